The number of rotatable bonds is 3. The molecule has 2 aliphatic rings. The van der Waals surface area contributed by atoms with Crippen LogP contribution in [0.25, 0.3) is 0 Å². The van der Waals surface area contributed by atoms with Crippen LogP contribution in [0, 0.1) is 5.92 Å². The third kappa shape index (κ3) is 2.34. The molecule has 74 valence electrons. The molecule has 1 heteroatoms. The third-order valence-electron chi connectivity index (χ3n) is 3.55. The van der Waals surface area contributed by atoms with Gasteiger partial charge in [-0.1, -0.05) is 25.5 Å². The molecule has 0 aromatic carbocycles. The lowest BCUT2D eigenvalue weighted by Gasteiger charge is -2.38. The zero-order valence-electron chi connectivity index (χ0n) is 8.63. The molecule has 0 aromatic rings. The summed E-state index contributed by atoms with van der Waals surface area (Å²) in [5.41, 5.74) is 0. The molecule has 1 atom stereocenters. The molecule has 1 N–H and O–H groups in total. The second-order valence-corrected chi connectivity index (χ2v) is 4.59. The van der Waals surface area contributed by atoms with Crippen LogP contribution in [0.3, 0.4) is 0 Å². The summed E-state index contributed by atoms with van der Waals surface area (Å²) in [4.78, 5) is 0. The fourth-order valence-corrected chi connectivity index (χ4v) is 2.48. The van der Waals surface area contributed by atoms with Gasteiger partial charge in [-0.15, -0.1) is 0 Å². The first kappa shape index (κ1) is 9.26. The zero-order valence-corrected chi connectivity index (χ0v) is 8.63. The minimum absolute atomic E-state index is 0.785. The molecule has 1 nitrogen and oxygen atoms in total. The van der Waals surface area contributed by atoms with Crippen LogP contribution in [0.2, 0.25) is 0 Å². The number of hydrogen-bond acceptors (Lipinski definition) is 1. The van der Waals surface area contributed by atoms with Gasteiger partial charge in [0.1, 0.15) is 0 Å². The summed E-state index contributed by atoms with van der Waals surface area (Å²) in [6.07, 6.45) is 12.8. The van der Waals surface area contributed by atoms with Crippen molar-refractivity contribution in [2.75, 3.05) is 0 Å². The van der Waals surface area contributed by atoms with Gasteiger partial charge in [-0.2, -0.15) is 0 Å². The maximum absolute atomic E-state index is 3.77. The van der Waals surface area contributed by atoms with Gasteiger partial charge in [0, 0.05) is 12.1 Å². The van der Waals surface area contributed by atoms with Crippen LogP contribution in [0.4, 0.5) is 0 Å². The minimum atomic E-state index is 0.785. The molecule has 0 heterocycles. The summed E-state index contributed by atoms with van der Waals surface area (Å²) < 4.78 is 0. The highest BCUT2D eigenvalue weighted by atomic mass is 15.0. The highest BCUT2D eigenvalue weighted by Crippen LogP contribution is 2.30. The molecule has 0 amide bonds. The van der Waals surface area contributed by atoms with Crippen molar-refractivity contribution in [2.45, 2.75) is 57.5 Å². The quantitative estimate of drug-likeness (QED) is 0.657. The first-order valence-electron chi connectivity index (χ1n) is 5.79. The molecule has 1 unspecified atom stereocenters. The normalized spacial score (nSPS) is 38.7. The maximum Gasteiger partial charge on any atom is 0.0107 e. The number of allylic oxidation sites excluding steroid dienone is 1. The van der Waals surface area contributed by atoms with E-state index in [-0.39, 0.29) is 0 Å². The van der Waals surface area contributed by atoms with Crippen LogP contribution in [0.15, 0.2) is 12.2 Å². The summed E-state index contributed by atoms with van der Waals surface area (Å²) in [7, 11) is 0. The fourth-order valence-electron chi connectivity index (χ4n) is 2.48. The molecule has 1 fully saturated rings. The van der Waals surface area contributed by atoms with E-state index in [4.69, 9.17) is 0 Å². The van der Waals surface area contributed by atoms with Crippen molar-refractivity contribution in [3.8, 4) is 0 Å². The first-order valence-corrected chi connectivity index (χ1v) is 5.79. The summed E-state index contributed by atoms with van der Waals surface area (Å²) in [6.45, 7) is 2.31. The molecule has 0 radical (unpaired) electrons. The van der Waals surface area contributed by atoms with Crippen molar-refractivity contribution < 1.29 is 0 Å². The standard InChI is InChI=1S/C12H21N/c1-2-10-8-12(9-10)13-11-6-4-3-5-7-11/h3-4,10-13H,2,5-9H2,1H3. The topological polar surface area (TPSA) is 12.0 Å². The van der Waals surface area contributed by atoms with Crippen LogP contribution in [0.1, 0.15) is 45.4 Å². The number of hydrogen-bond donors (Lipinski definition) is 1. The van der Waals surface area contributed by atoms with Gasteiger partial charge in [0.15, 0.2) is 0 Å². The molecule has 1 saturated carbocycles. The van der Waals surface area contributed by atoms with E-state index in [9.17, 15) is 0 Å². The van der Waals surface area contributed by atoms with E-state index in [1.54, 1.807) is 0 Å². The molecule has 0 aliphatic heterocycles. The maximum atomic E-state index is 3.77. The fraction of sp³-hybridized carbons (Fsp3) is 0.833. The van der Waals surface area contributed by atoms with Crippen molar-refractivity contribution in [1.82, 2.24) is 5.32 Å². The van der Waals surface area contributed by atoms with Gasteiger partial charge in [0.25, 0.3) is 0 Å². The predicted octanol–water partition coefficient (Wildman–Crippen LogP) is 2.87. The van der Waals surface area contributed by atoms with Gasteiger partial charge < -0.3 is 5.32 Å². The van der Waals surface area contributed by atoms with Crippen LogP contribution in [-0.2, 0) is 0 Å². The van der Waals surface area contributed by atoms with E-state index in [0.717, 1.165) is 18.0 Å². The SMILES string of the molecule is CCC1CC(NC2CC=CCC2)C1. The van der Waals surface area contributed by atoms with E-state index < -0.39 is 0 Å². The Morgan fingerprint density at radius 2 is 2.08 bits per heavy atom. The van der Waals surface area contributed by atoms with Crippen molar-refractivity contribution in [1.29, 1.82) is 0 Å². The molecule has 2 aliphatic carbocycles. The zero-order chi connectivity index (χ0) is 9.10. The highest BCUT2D eigenvalue weighted by molar-refractivity contribution is 4.95. The van der Waals surface area contributed by atoms with E-state index in [1.165, 1.54) is 38.5 Å². The van der Waals surface area contributed by atoms with Crippen LogP contribution < -0.4 is 5.32 Å². The van der Waals surface area contributed by atoms with Gasteiger partial charge in [-0.3, -0.25) is 0 Å². The molecular weight excluding hydrogens is 158 g/mol. The van der Waals surface area contributed by atoms with E-state index in [0.29, 0.717) is 0 Å². The Morgan fingerprint density at radius 1 is 1.23 bits per heavy atom. The molecule has 0 bridgehead atoms. The molecule has 2 rings (SSSR count). The van der Waals surface area contributed by atoms with Crippen molar-refractivity contribution in [2.24, 2.45) is 5.92 Å². The lowest BCUT2D eigenvalue weighted by atomic mass is 9.78. The largest absolute Gasteiger partial charge is 0.311 e. The van der Waals surface area contributed by atoms with Crippen LogP contribution in [-0.4, -0.2) is 12.1 Å². The molecule has 0 spiro atoms. The average molecular weight is 179 g/mol. The Kier molecular flexibility index (Phi) is 3.05. The Morgan fingerprint density at radius 3 is 2.69 bits per heavy atom. The molecule has 13 heavy (non-hydrogen) atoms. The Balaban J connectivity index is 1.65. The highest BCUT2D eigenvalue weighted by Gasteiger charge is 2.28. The first-order chi connectivity index (χ1) is 6.38. The molecule has 0 saturated heterocycles. The summed E-state index contributed by atoms with van der Waals surface area (Å²) in [5.74, 6) is 1.02. The van der Waals surface area contributed by atoms with E-state index in [1.807, 2.05) is 0 Å². The molecular formula is C12H21N. The Hall–Kier alpha value is -0.300. The second-order valence-electron chi connectivity index (χ2n) is 4.59. The van der Waals surface area contributed by atoms with Gasteiger partial charge in [-0.25, -0.2) is 0 Å². The average Bonchev–Trinajstić information content (AvgIpc) is 2.12. The van der Waals surface area contributed by atoms with Gasteiger partial charge in [-0.05, 0) is 38.0 Å². The third-order valence-corrected chi connectivity index (χ3v) is 3.55. The Bertz CT molecular complexity index is 180. The van der Waals surface area contributed by atoms with Crippen LogP contribution >= 0.6 is 0 Å². The van der Waals surface area contributed by atoms with E-state index >= 15 is 0 Å². The van der Waals surface area contributed by atoms with Crippen molar-refractivity contribution in [3.63, 3.8) is 0 Å². The monoisotopic (exact) mass is 179 g/mol. The van der Waals surface area contributed by atoms with E-state index in [2.05, 4.69) is 24.4 Å². The minimum Gasteiger partial charge on any atom is -0.311 e. The lowest BCUT2D eigenvalue weighted by Crippen LogP contribution is -2.46. The smallest absolute Gasteiger partial charge is 0.0107 e. The predicted molar refractivity (Wildman–Crippen MR) is 56.7 cm³/mol. The van der Waals surface area contributed by atoms with Gasteiger partial charge in [0.05, 0.1) is 0 Å². The molecule has 0 aromatic heterocycles. The van der Waals surface area contributed by atoms with Gasteiger partial charge >= 0.3 is 0 Å². The summed E-state index contributed by atoms with van der Waals surface area (Å²) in [6, 6.07) is 1.63. The summed E-state index contributed by atoms with van der Waals surface area (Å²) >= 11 is 0. The Labute approximate surface area is 81.6 Å². The van der Waals surface area contributed by atoms with Gasteiger partial charge in [0.2, 0.25) is 0 Å². The lowest BCUT2D eigenvalue weighted by molar-refractivity contribution is 0.196. The second kappa shape index (κ2) is 4.28. The van der Waals surface area contributed by atoms with Crippen molar-refractivity contribution >= 4 is 0 Å². The van der Waals surface area contributed by atoms with Crippen molar-refractivity contribution in [3.05, 3.63) is 12.2 Å². The van der Waals surface area contributed by atoms with Crippen LogP contribution in [0.5, 0.6) is 0 Å². The summed E-state index contributed by atoms with van der Waals surface area (Å²) in [5, 5.41) is 3.77. The number of nitrogens with one attached hydrogen (secondary N) is 1.